The molecule has 4 aromatic rings. The number of carboxylic acids is 2. The van der Waals surface area contributed by atoms with Gasteiger partial charge < -0.3 is 29.9 Å². The van der Waals surface area contributed by atoms with Crippen molar-refractivity contribution < 1.29 is 39.5 Å². The molecule has 4 N–H and O–H groups in total. The van der Waals surface area contributed by atoms with Gasteiger partial charge in [0.2, 0.25) is 0 Å². The van der Waals surface area contributed by atoms with Gasteiger partial charge in [-0.25, -0.2) is 9.59 Å². The zero-order valence-corrected chi connectivity index (χ0v) is 27.5. The Balaban J connectivity index is 0.000000186. The minimum Gasteiger partial charge on any atom is -0.473 e. The van der Waals surface area contributed by atoms with Crippen LogP contribution in [0.5, 0.6) is 0 Å². The highest BCUT2D eigenvalue weighted by atomic mass is 16.5. The highest BCUT2D eigenvalue weighted by molar-refractivity contribution is 6.27. The van der Waals surface area contributed by atoms with E-state index in [2.05, 4.69) is 94.7 Å². The number of aliphatic carboxylic acids is 2. The minimum absolute atomic E-state index is 0.138. The summed E-state index contributed by atoms with van der Waals surface area (Å²) in [6, 6.07) is 29.9. The third-order valence-corrected chi connectivity index (χ3v) is 8.57. The van der Waals surface area contributed by atoms with Crippen LogP contribution in [-0.4, -0.2) is 120 Å². The Bertz CT molecular complexity index is 1450. The van der Waals surface area contributed by atoms with Gasteiger partial charge in [0.1, 0.15) is 0 Å². The first-order valence-corrected chi connectivity index (χ1v) is 16.7. The summed E-state index contributed by atoms with van der Waals surface area (Å²) in [5.41, 5.74) is 2.70. The molecule has 0 saturated carbocycles. The summed E-state index contributed by atoms with van der Waals surface area (Å²) < 4.78 is 11.5. The molecule has 10 heteroatoms. The van der Waals surface area contributed by atoms with Gasteiger partial charge in [0.25, 0.3) is 0 Å². The number of fused-ring (bicyclic) bond motifs is 2. The number of rotatable bonds is 12. The molecule has 2 aliphatic heterocycles. The predicted octanol–water partition coefficient (Wildman–Crippen LogP) is 4.09. The quantitative estimate of drug-likeness (QED) is 0.130. The fourth-order valence-corrected chi connectivity index (χ4v) is 6.01. The highest BCUT2D eigenvalue weighted by Gasteiger charge is 2.20. The van der Waals surface area contributed by atoms with Gasteiger partial charge in [-0.05, 0) is 58.4 Å². The lowest BCUT2D eigenvalue weighted by molar-refractivity contribution is -0.159. The lowest BCUT2D eigenvalue weighted by Gasteiger charge is -2.14. The fraction of sp³-hybridized carbons (Fsp3) is 0.421. The van der Waals surface area contributed by atoms with Crippen molar-refractivity contribution in [3.63, 3.8) is 0 Å². The van der Waals surface area contributed by atoms with Crippen molar-refractivity contribution in [3.05, 3.63) is 96.1 Å². The molecule has 6 rings (SSSR count). The summed E-state index contributed by atoms with van der Waals surface area (Å²) in [6.07, 6.45) is 3.42. The average Bonchev–Trinajstić information content (AvgIpc) is 3.71. The summed E-state index contributed by atoms with van der Waals surface area (Å²) in [7, 11) is 0. The highest BCUT2D eigenvalue weighted by Crippen LogP contribution is 2.20. The lowest BCUT2D eigenvalue weighted by atomic mass is 10.0. The van der Waals surface area contributed by atoms with Crippen LogP contribution in [0.1, 0.15) is 24.0 Å². The normalized spacial score (nSPS) is 17.9. The number of nitrogens with zero attached hydrogens (tertiary/aromatic N) is 2. The Kier molecular flexibility index (Phi) is 15.2. The van der Waals surface area contributed by atoms with Gasteiger partial charge in [0, 0.05) is 39.3 Å². The van der Waals surface area contributed by atoms with Crippen molar-refractivity contribution in [2.24, 2.45) is 0 Å². The SMILES string of the molecule is O=C(O)C(=O)O.OC1CCN(CCOCCc2cccc3ccccc23)C1.OC1CCN(CCOCCc2cccc3ccccc23)C1. The van der Waals surface area contributed by atoms with Gasteiger partial charge in [-0.15, -0.1) is 0 Å². The standard InChI is InChI=1S/2C18H23NO2.C2H2O4/c2*20-17-8-10-19(14-17)11-13-21-12-9-16-6-3-5-15-4-1-2-7-18(15)16;3-1(4)2(5)6/h2*1-7,17,20H,8-14H2;(H,3,4)(H,5,6). The fourth-order valence-electron chi connectivity index (χ4n) is 6.01. The molecule has 2 aliphatic rings. The second-order valence-electron chi connectivity index (χ2n) is 12.1. The van der Waals surface area contributed by atoms with Gasteiger partial charge in [0.05, 0.1) is 38.6 Å². The first-order chi connectivity index (χ1) is 23.3. The molecule has 0 bridgehead atoms. The lowest BCUT2D eigenvalue weighted by Crippen LogP contribution is -2.26. The Morgan fingerprint density at radius 3 is 1.35 bits per heavy atom. The van der Waals surface area contributed by atoms with Crippen LogP contribution in [0.15, 0.2) is 84.9 Å². The predicted molar refractivity (Wildman–Crippen MR) is 186 cm³/mol. The van der Waals surface area contributed by atoms with Crippen LogP contribution < -0.4 is 0 Å². The van der Waals surface area contributed by atoms with Crippen LogP contribution in [0, 0.1) is 0 Å². The number of carboxylic acid groups (broad SMARTS) is 2. The number of hydrogen-bond donors (Lipinski definition) is 4. The number of β-amino-alcohol motifs (C(OH)–C–C–N with tert-alkyl or cyclic N) is 2. The van der Waals surface area contributed by atoms with Crippen molar-refractivity contribution >= 4 is 33.5 Å². The average molecular weight is 661 g/mol. The Morgan fingerprint density at radius 2 is 0.979 bits per heavy atom. The first-order valence-electron chi connectivity index (χ1n) is 16.7. The molecule has 2 atom stereocenters. The summed E-state index contributed by atoms with van der Waals surface area (Å²) >= 11 is 0. The van der Waals surface area contributed by atoms with E-state index in [-0.39, 0.29) is 12.2 Å². The Hall–Kier alpha value is -3.90. The number of benzene rings is 4. The molecule has 0 aromatic heterocycles. The second kappa shape index (κ2) is 19.8. The molecule has 0 spiro atoms. The van der Waals surface area contributed by atoms with E-state index >= 15 is 0 Å². The molecule has 4 aromatic carbocycles. The molecule has 2 saturated heterocycles. The summed E-state index contributed by atoms with van der Waals surface area (Å²) in [5, 5.41) is 39.0. The molecule has 0 aliphatic carbocycles. The van der Waals surface area contributed by atoms with Crippen molar-refractivity contribution in [2.45, 2.75) is 37.9 Å². The van der Waals surface area contributed by atoms with E-state index < -0.39 is 11.9 Å². The summed E-state index contributed by atoms with van der Waals surface area (Å²) in [5.74, 6) is -3.65. The van der Waals surface area contributed by atoms with E-state index in [9.17, 15) is 10.2 Å². The van der Waals surface area contributed by atoms with Crippen LogP contribution in [0.4, 0.5) is 0 Å². The first kappa shape index (κ1) is 36.9. The number of hydrogen-bond acceptors (Lipinski definition) is 8. The molecular weight excluding hydrogens is 612 g/mol. The maximum atomic E-state index is 9.47. The van der Waals surface area contributed by atoms with Gasteiger partial charge in [-0.3, -0.25) is 9.80 Å². The van der Waals surface area contributed by atoms with Gasteiger partial charge in [-0.2, -0.15) is 0 Å². The third kappa shape index (κ3) is 12.3. The van der Waals surface area contributed by atoms with E-state index in [1.165, 1.54) is 32.7 Å². The zero-order chi connectivity index (χ0) is 34.1. The van der Waals surface area contributed by atoms with Crippen molar-refractivity contribution in [1.82, 2.24) is 9.80 Å². The molecule has 258 valence electrons. The maximum absolute atomic E-state index is 9.47. The van der Waals surface area contributed by atoms with E-state index in [4.69, 9.17) is 29.3 Å². The molecule has 0 amide bonds. The largest absolute Gasteiger partial charge is 0.473 e. The van der Waals surface area contributed by atoms with E-state index in [0.29, 0.717) is 0 Å². The van der Waals surface area contributed by atoms with E-state index in [1.807, 2.05) is 0 Å². The van der Waals surface area contributed by atoms with Crippen molar-refractivity contribution in [3.8, 4) is 0 Å². The third-order valence-electron chi connectivity index (χ3n) is 8.57. The topological polar surface area (TPSA) is 140 Å². The number of carbonyl (C=O) groups is 2. The van der Waals surface area contributed by atoms with Crippen LogP contribution in [0.25, 0.3) is 21.5 Å². The van der Waals surface area contributed by atoms with Crippen molar-refractivity contribution in [2.75, 3.05) is 65.7 Å². The molecule has 48 heavy (non-hydrogen) atoms. The Morgan fingerprint density at radius 1 is 0.583 bits per heavy atom. The summed E-state index contributed by atoms with van der Waals surface area (Å²) in [4.78, 5) is 22.7. The number of aliphatic hydroxyl groups excluding tert-OH is 2. The smallest absolute Gasteiger partial charge is 0.414 e. The number of likely N-dealkylation sites (tertiary alicyclic amines) is 2. The Labute approximate surface area is 282 Å². The molecular formula is C38H48N2O8. The van der Waals surface area contributed by atoms with Crippen LogP contribution in [-0.2, 0) is 31.9 Å². The zero-order valence-electron chi connectivity index (χ0n) is 27.5. The minimum atomic E-state index is -1.82. The van der Waals surface area contributed by atoms with Gasteiger partial charge in [0.15, 0.2) is 0 Å². The molecule has 10 nitrogen and oxygen atoms in total. The molecule has 2 heterocycles. The van der Waals surface area contributed by atoms with Crippen LogP contribution in [0.3, 0.4) is 0 Å². The number of aliphatic hydroxyl groups is 2. The molecule has 2 fully saturated rings. The second-order valence-corrected chi connectivity index (χ2v) is 12.1. The van der Waals surface area contributed by atoms with Crippen LogP contribution in [0.2, 0.25) is 0 Å². The van der Waals surface area contributed by atoms with Gasteiger partial charge >= 0.3 is 11.9 Å². The molecule has 0 radical (unpaired) electrons. The monoisotopic (exact) mass is 660 g/mol. The van der Waals surface area contributed by atoms with Crippen molar-refractivity contribution in [1.29, 1.82) is 0 Å². The van der Waals surface area contributed by atoms with Crippen LogP contribution >= 0.6 is 0 Å². The molecule has 2 unspecified atom stereocenters. The summed E-state index contributed by atoms with van der Waals surface area (Å²) in [6.45, 7) is 8.43. The maximum Gasteiger partial charge on any atom is 0.414 e. The van der Waals surface area contributed by atoms with E-state index in [0.717, 1.165) is 91.4 Å². The number of ether oxygens (including phenoxy) is 2. The van der Waals surface area contributed by atoms with E-state index in [1.54, 1.807) is 0 Å². The van der Waals surface area contributed by atoms with Gasteiger partial charge in [-0.1, -0.05) is 84.9 Å².